The van der Waals surface area contributed by atoms with Crippen molar-refractivity contribution in [1.82, 2.24) is 4.57 Å². The number of nitrogens with zero attached hydrogens (tertiary/aromatic N) is 1. The number of aryl methyl sites for hydroxylation is 1. The van der Waals surface area contributed by atoms with Crippen LogP contribution in [0, 0.1) is 12.7 Å². The average molecular weight is 275 g/mol. The fourth-order valence-corrected chi connectivity index (χ4v) is 1.84. The van der Waals surface area contributed by atoms with E-state index in [0.29, 0.717) is 16.8 Å². The molecule has 0 unspecified atom stereocenters. The van der Waals surface area contributed by atoms with Gasteiger partial charge in [0.2, 0.25) is 0 Å². The summed E-state index contributed by atoms with van der Waals surface area (Å²) in [6.07, 6.45) is 1.14. The third-order valence-electron chi connectivity index (χ3n) is 2.81. The molecule has 0 spiro atoms. The molecule has 1 aromatic heterocycles. The average Bonchev–Trinajstić information content (AvgIpc) is 2.79. The number of benzene rings is 1. The number of aromatic nitrogens is 1. The van der Waals surface area contributed by atoms with Crippen LogP contribution < -0.4 is 0 Å². The van der Waals surface area contributed by atoms with Crippen LogP contribution in [-0.2, 0) is 4.74 Å². The molecule has 0 N–H and O–H groups in total. The highest BCUT2D eigenvalue weighted by Crippen LogP contribution is 2.23. The number of ether oxygens (including phenoxy) is 1. The van der Waals surface area contributed by atoms with E-state index >= 15 is 0 Å². The molecule has 1 aromatic carbocycles. The molecule has 0 amide bonds. The number of hydrogen-bond donors (Lipinski definition) is 0. The fraction of sp³-hybridized carbons (Fsp3) is 0.312. The lowest BCUT2D eigenvalue weighted by molar-refractivity contribution is 0.0540. The van der Waals surface area contributed by atoms with Gasteiger partial charge in [0.25, 0.3) is 0 Å². The highest BCUT2D eigenvalue weighted by molar-refractivity contribution is 5.78. The predicted molar refractivity (Wildman–Crippen MR) is 76.2 cm³/mol. The molecule has 0 fully saturated rings. The normalized spacial score (nSPS) is 11.4. The molecule has 0 aliphatic carbocycles. The number of rotatable bonds is 1. The number of carbonyl (C=O) groups is 1. The smallest absolute Gasteiger partial charge is 0.418 e. The van der Waals surface area contributed by atoms with Crippen LogP contribution >= 0.6 is 0 Å². The van der Waals surface area contributed by atoms with E-state index in [4.69, 9.17) is 4.74 Å². The van der Waals surface area contributed by atoms with Crippen LogP contribution in [0.3, 0.4) is 0 Å². The molecular weight excluding hydrogens is 257 g/mol. The Kier molecular flexibility index (Phi) is 3.66. The molecule has 0 radical (unpaired) electrons. The second-order valence-electron chi connectivity index (χ2n) is 5.71. The second kappa shape index (κ2) is 5.12. The van der Waals surface area contributed by atoms with Crippen molar-refractivity contribution in [2.75, 3.05) is 0 Å². The first-order chi connectivity index (χ1) is 9.28. The van der Waals surface area contributed by atoms with Gasteiger partial charge in [-0.2, -0.15) is 0 Å². The SMILES string of the molecule is Cc1ccc(-c2cccn2C(=O)OC(C)(C)C)cc1F. The summed E-state index contributed by atoms with van der Waals surface area (Å²) in [6.45, 7) is 7.12. The van der Waals surface area contributed by atoms with E-state index in [0.717, 1.165) is 0 Å². The summed E-state index contributed by atoms with van der Waals surface area (Å²) in [5.74, 6) is -0.292. The van der Waals surface area contributed by atoms with Gasteiger partial charge in [0, 0.05) is 11.8 Å². The molecule has 2 rings (SSSR count). The maximum absolute atomic E-state index is 13.6. The second-order valence-corrected chi connectivity index (χ2v) is 5.71. The van der Waals surface area contributed by atoms with Crippen molar-refractivity contribution in [2.45, 2.75) is 33.3 Å². The highest BCUT2D eigenvalue weighted by atomic mass is 19.1. The maximum Gasteiger partial charge on any atom is 0.418 e. The van der Waals surface area contributed by atoms with Gasteiger partial charge in [0.15, 0.2) is 0 Å². The van der Waals surface area contributed by atoms with Crippen molar-refractivity contribution >= 4 is 6.09 Å². The summed E-state index contributed by atoms with van der Waals surface area (Å²) >= 11 is 0. The topological polar surface area (TPSA) is 31.2 Å². The molecular formula is C16H18FNO2. The van der Waals surface area contributed by atoms with Crippen molar-refractivity contribution in [3.63, 3.8) is 0 Å². The summed E-state index contributed by atoms with van der Waals surface area (Å²) in [5.41, 5.74) is 1.25. The van der Waals surface area contributed by atoms with Crippen molar-refractivity contribution in [3.8, 4) is 11.3 Å². The van der Waals surface area contributed by atoms with Gasteiger partial charge >= 0.3 is 6.09 Å². The summed E-state index contributed by atoms with van der Waals surface area (Å²) in [4.78, 5) is 12.1. The van der Waals surface area contributed by atoms with Gasteiger partial charge in [-0.3, -0.25) is 4.57 Å². The molecule has 4 heteroatoms. The number of hydrogen-bond acceptors (Lipinski definition) is 2. The van der Waals surface area contributed by atoms with Crippen molar-refractivity contribution in [2.24, 2.45) is 0 Å². The molecule has 1 heterocycles. The standard InChI is InChI=1S/C16H18FNO2/c1-11-7-8-12(10-13(11)17)14-6-5-9-18(14)15(19)20-16(2,3)4/h5-10H,1-4H3. The van der Waals surface area contributed by atoms with E-state index < -0.39 is 11.7 Å². The Balaban J connectivity index is 2.37. The minimum absolute atomic E-state index is 0.292. The van der Waals surface area contributed by atoms with Gasteiger partial charge in [-0.15, -0.1) is 0 Å². The Hall–Kier alpha value is -2.10. The quantitative estimate of drug-likeness (QED) is 0.773. The Bertz CT molecular complexity index is 638. The number of carbonyl (C=O) groups excluding carboxylic acids is 1. The summed E-state index contributed by atoms with van der Waals surface area (Å²) in [6, 6.07) is 8.39. The Morgan fingerprint density at radius 1 is 1.25 bits per heavy atom. The molecule has 0 bridgehead atoms. The van der Waals surface area contributed by atoms with Crippen LogP contribution in [0.2, 0.25) is 0 Å². The van der Waals surface area contributed by atoms with E-state index in [1.807, 2.05) is 0 Å². The molecule has 3 nitrogen and oxygen atoms in total. The van der Waals surface area contributed by atoms with Crippen LogP contribution in [0.15, 0.2) is 36.5 Å². The summed E-state index contributed by atoms with van der Waals surface area (Å²) in [7, 11) is 0. The monoisotopic (exact) mass is 275 g/mol. The summed E-state index contributed by atoms with van der Waals surface area (Å²) < 4.78 is 20.4. The van der Waals surface area contributed by atoms with E-state index in [-0.39, 0.29) is 5.82 Å². The van der Waals surface area contributed by atoms with Gasteiger partial charge in [0.1, 0.15) is 11.4 Å². The zero-order chi connectivity index (χ0) is 14.9. The van der Waals surface area contributed by atoms with Crippen LogP contribution in [0.25, 0.3) is 11.3 Å². The van der Waals surface area contributed by atoms with Gasteiger partial charge in [-0.1, -0.05) is 12.1 Å². The molecule has 0 saturated carbocycles. The van der Waals surface area contributed by atoms with Gasteiger partial charge < -0.3 is 4.74 Å². The van der Waals surface area contributed by atoms with Crippen LogP contribution in [0.1, 0.15) is 26.3 Å². The highest BCUT2D eigenvalue weighted by Gasteiger charge is 2.19. The minimum atomic E-state index is -0.572. The molecule has 0 atom stereocenters. The van der Waals surface area contributed by atoms with Crippen LogP contribution in [0.4, 0.5) is 9.18 Å². The number of halogens is 1. The zero-order valence-electron chi connectivity index (χ0n) is 12.1. The molecule has 0 aliphatic rings. The van der Waals surface area contributed by atoms with Gasteiger partial charge in [-0.05, 0) is 51.5 Å². The first kappa shape index (κ1) is 14.3. The predicted octanol–water partition coefficient (Wildman–Crippen LogP) is 4.39. The van der Waals surface area contributed by atoms with E-state index in [1.165, 1.54) is 10.6 Å². The third-order valence-corrected chi connectivity index (χ3v) is 2.81. The molecule has 0 saturated heterocycles. The van der Waals surface area contributed by atoms with Crippen molar-refractivity contribution < 1.29 is 13.9 Å². The lowest BCUT2D eigenvalue weighted by Crippen LogP contribution is -2.27. The minimum Gasteiger partial charge on any atom is -0.443 e. The van der Waals surface area contributed by atoms with E-state index in [2.05, 4.69) is 0 Å². The zero-order valence-corrected chi connectivity index (χ0v) is 12.1. The fourth-order valence-electron chi connectivity index (χ4n) is 1.84. The first-order valence-electron chi connectivity index (χ1n) is 6.45. The molecule has 0 aliphatic heterocycles. The molecule has 20 heavy (non-hydrogen) atoms. The van der Waals surface area contributed by atoms with Crippen molar-refractivity contribution in [1.29, 1.82) is 0 Å². The van der Waals surface area contributed by atoms with Crippen LogP contribution in [-0.4, -0.2) is 16.3 Å². The summed E-state index contributed by atoms with van der Waals surface area (Å²) in [5, 5.41) is 0. The van der Waals surface area contributed by atoms with Crippen molar-refractivity contribution in [3.05, 3.63) is 47.9 Å². The van der Waals surface area contributed by atoms with E-state index in [9.17, 15) is 9.18 Å². The van der Waals surface area contributed by atoms with E-state index in [1.54, 1.807) is 58.2 Å². The maximum atomic E-state index is 13.6. The Morgan fingerprint density at radius 3 is 2.55 bits per heavy atom. The molecule has 106 valence electrons. The lowest BCUT2D eigenvalue weighted by atomic mass is 10.1. The van der Waals surface area contributed by atoms with Gasteiger partial charge in [-0.25, -0.2) is 9.18 Å². The first-order valence-corrected chi connectivity index (χ1v) is 6.45. The van der Waals surface area contributed by atoms with Gasteiger partial charge in [0.05, 0.1) is 5.69 Å². The van der Waals surface area contributed by atoms with Crippen LogP contribution in [0.5, 0.6) is 0 Å². The lowest BCUT2D eigenvalue weighted by Gasteiger charge is -2.20. The largest absolute Gasteiger partial charge is 0.443 e. The Morgan fingerprint density at radius 2 is 1.95 bits per heavy atom. The third kappa shape index (κ3) is 3.07. The molecule has 2 aromatic rings. The Labute approximate surface area is 118 Å².